The van der Waals surface area contributed by atoms with E-state index >= 15 is 0 Å². The third-order valence-corrected chi connectivity index (χ3v) is 12.4. The summed E-state index contributed by atoms with van der Waals surface area (Å²) in [6.45, 7) is 4.77. The Labute approximate surface area is 297 Å². The maximum atomic E-state index is 3.53. The normalized spacial score (nSPS) is 15.6. The maximum Gasteiger partial charge on any atom is 0.0384 e. The Kier molecular flexibility index (Phi) is 6.66. The van der Waals surface area contributed by atoms with Crippen molar-refractivity contribution in [3.63, 3.8) is 0 Å². The Morgan fingerprint density at radius 1 is 0.560 bits per heavy atom. The number of thiophene rings is 1. The predicted molar refractivity (Wildman–Crippen MR) is 214 cm³/mol. The van der Waals surface area contributed by atoms with E-state index in [1.807, 2.05) is 17.4 Å². The number of fused-ring (bicyclic) bond motifs is 10. The molecule has 0 saturated carbocycles. The summed E-state index contributed by atoms with van der Waals surface area (Å²) in [4.78, 5) is 0. The van der Waals surface area contributed by atoms with Gasteiger partial charge in [-0.05, 0) is 123 Å². The maximum absolute atomic E-state index is 3.53. The Hall–Kier alpha value is -5.44. The van der Waals surface area contributed by atoms with Gasteiger partial charge in [-0.1, -0.05) is 117 Å². The van der Waals surface area contributed by atoms with Crippen LogP contribution in [0.5, 0.6) is 0 Å². The van der Waals surface area contributed by atoms with Crippen molar-refractivity contribution in [2.75, 3.05) is 5.32 Å². The molecule has 0 amide bonds. The Morgan fingerprint density at radius 2 is 1.28 bits per heavy atom. The molecule has 7 aromatic carbocycles. The molecule has 50 heavy (non-hydrogen) atoms. The van der Waals surface area contributed by atoms with Crippen molar-refractivity contribution >= 4 is 42.9 Å². The number of aryl methyl sites for hydroxylation is 1. The van der Waals surface area contributed by atoms with Crippen molar-refractivity contribution in [1.82, 2.24) is 0 Å². The van der Waals surface area contributed by atoms with Gasteiger partial charge in [0.05, 0.1) is 0 Å². The molecule has 1 atom stereocenters. The summed E-state index contributed by atoms with van der Waals surface area (Å²) in [7, 11) is 0. The lowest BCUT2D eigenvalue weighted by Crippen LogP contribution is -2.14. The minimum Gasteiger partial charge on any atom is -0.356 e. The summed E-state index contributed by atoms with van der Waals surface area (Å²) >= 11 is 1.96. The highest BCUT2D eigenvalue weighted by molar-refractivity contribution is 7.25. The van der Waals surface area contributed by atoms with E-state index in [1.165, 1.54) is 81.4 Å². The molecule has 0 saturated heterocycles. The van der Waals surface area contributed by atoms with Gasteiger partial charge in [-0.15, -0.1) is 11.3 Å². The summed E-state index contributed by atoms with van der Waals surface area (Å²) < 4.78 is 2.78. The number of hydrogen-bond acceptors (Lipinski definition) is 2. The van der Waals surface area contributed by atoms with Crippen LogP contribution in [0.2, 0.25) is 0 Å². The second kappa shape index (κ2) is 11.3. The van der Waals surface area contributed by atoms with E-state index in [-0.39, 0.29) is 5.41 Å². The highest BCUT2D eigenvalue weighted by Gasteiger charge is 2.36. The van der Waals surface area contributed by atoms with Gasteiger partial charge >= 0.3 is 0 Å². The fraction of sp³-hybridized carbons (Fsp3) is 0.125. The molecule has 240 valence electrons. The van der Waals surface area contributed by atoms with Gasteiger partial charge in [0.25, 0.3) is 0 Å². The van der Waals surface area contributed by atoms with Crippen LogP contribution in [0.1, 0.15) is 54.0 Å². The minimum absolute atomic E-state index is 0.00900. The first kappa shape index (κ1) is 29.5. The van der Waals surface area contributed by atoms with Gasteiger partial charge in [-0.3, -0.25) is 0 Å². The number of nitrogens with one attached hydrogen (secondary N) is 1. The summed E-state index contributed by atoms with van der Waals surface area (Å²) in [5.41, 5.74) is 17.4. The molecule has 0 bridgehead atoms. The van der Waals surface area contributed by atoms with E-state index in [2.05, 4.69) is 165 Å². The van der Waals surface area contributed by atoms with Crippen LogP contribution in [-0.4, -0.2) is 0 Å². The molecular weight excluding hydrogens is 623 g/mol. The molecule has 0 spiro atoms. The van der Waals surface area contributed by atoms with Crippen molar-refractivity contribution in [1.29, 1.82) is 0 Å². The summed E-state index contributed by atoms with van der Waals surface area (Å²) in [6, 6.07) is 56.5. The molecule has 0 fully saturated rings. The van der Waals surface area contributed by atoms with E-state index < -0.39 is 0 Å². The van der Waals surface area contributed by atoms with Crippen LogP contribution in [0.4, 0.5) is 11.4 Å². The predicted octanol–water partition coefficient (Wildman–Crippen LogP) is 13.5. The smallest absolute Gasteiger partial charge is 0.0384 e. The molecule has 1 N–H and O–H groups in total. The molecule has 2 aliphatic rings. The van der Waals surface area contributed by atoms with Crippen LogP contribution >= 0.6 is 11.3 Å². The second-order valence-corrected chi connectivity index (χ2v) is 15.6. The second-order valence-electron chi connectivity index (χ2n) is 14.5. The van der Waals surface area contributed by atoms with Crippen LogP contribution in [0.15, 0.2) is 152 Å². The lowest BCUT2D eigenvalue weighted by molar-refractivity contribution is 0.661. The number of para-hydroxylation sites is 1. The molecular formula is C48H37NS. The van der Waals surface area contributed by atoms with Crippen LogP contribution in [-0.2, 0) is 11.8 Å². The number of hydrogen-bond donors (Lipinski definition) is 1. The quantitative estimate of drug-likeness (QED) is 0.198. The molecule has 10 rings (SSSR count). The first-order valence-corrected chi connectivity index (χ1v) is 18.6. The lowest BCUT2D eigenvalue weighted by Gasteiger charge is -2.22. The minimum atomic E-state index is -0.00900. The summed E-state index contributed by atoms with van der Waals surface area (Å²) in [5.74, 6) is 0.309. The zero-order valence-electron chi connectivity index (χ0n) is 28.3. The van der Waals surface area contributed by atoms with Crippen LogP contribution in [0.25, 0.3) is 53.6 Å². The van der Waals surface area contributed by atoms with E-state index in [0.717, 1.165) is 24.2 Å². The van der Waals surface area contributed by atoms with E-state index in [4.69, 9.17) is 0 Å². The Balaban J connectivity index is 1.16. The molecule has 0 aliphatic heterocycles. The van der Waals surface area contributed by atoms with Gasteiger partial charge in [0, 0.05) is 42.9 Å². The van der Waals surface area contributed by atoms with E-state index in [1.54, 1.807) is 0 Å². The third kappa shape index (κ3) is 4.59. The molecule has 1 aromatic heterocycles. The molecule has 1 heterocycles. The SMILES string of the molecule is CC1(C)c2ccccc2-c2cc3c(cc21)sc1ccc2c(c13)C(c1ccccc1)CCc1ccc(-c3ccc(Nc4ccccc4)cc3)cc1-2. The van der Waals surface area contributed by atoms with Gasteiger partial charge in [0.15, 0.2) is 0 Å². The topological polar surface area (TPSA) is 12.0 Å². The van der Waals surface area contributed by atoms with Gasteiger partial charge in [-0.2, -0.15) is 0 Å². The highest BCUT2D eigenvalue weighted by Crippen LogP contribution is 2.54. The van der Waals surface area contributed by atoms with E-state index in [0.29, 0.717) is 5.92 Å². The van der Waals surface area contributed by atoms with E-state index in [9.17, 15) is 0 Å². The van der Waals surface area contributed by atoms with Crippen molar-refractivity contribution in [2.24, 2.45) is 0 Å². The molecule has 8 aromatic rings. The molecule has 1 nitrogen and oxygen atoms in total. The van der Waals surface area contributed by atoms with Gasteiger partial charge in [0.2, 0.25) is 0 Å². The Bertz CT molecular complexity index is 2580. The van der Waals surface area contributed by atoms with Crippen molar-refractivity contribution in [2.45, 2.75) is 38.0 Å². The number of benzene rings is 7. The summed E-state index contributed by atoms with van der Waals surface area (Å²) in [5, 5.41) is 6.37. The van der Waals surface area contributed by atoms with Gasteiger partial charge in [-0.25, -0.2) is 0 Å². The molecule has 2 heteroatoms. The third-order valence-electron chi connectivity index (χ3n) is 11.3. The molecule has 2 aliphatic carbocycles. The highest BCUT2D eigenvalue weighted by atomic mass is 32.1. The number of anilines is 2. The molecule has 1 unspecified atom stereocenters. The monoisotopic (exact) mass is 659 g/mol. The largest absolute Gasteiger partial charge is 0.356 e. The fourth-order valence-electron chi connectivity index (χ4n) is 8.81. The zero-order valence-corrected chi connectivity index (χ0v) is 29.2. The van der Waals surface area contributed by atoms with Crippen molar-refractivity contribution in [3.8, 4) is 33.4 Å². The average Bonchev–Trinajstić information content (AvgIpc) is 3.56. The standard InChI is InChI=1S/C48H37NS/c1-48(2)42-16-10-9-15-37(42)40-28-41-45(29-43(40)48)50-44-26-25-38-39-27-33(30-19-22-35(23-20-30)49-34-13-7-4-8-14-34)18-17-32(39)21-24-36(46(38)47(41)44)31-11-5-3-6-12-31/h3-20,22-23,25-29,36,49H,21,24H2,1-2H3. The van der Waals surface area contributed by atoms with Crippen LogP contribution < -0.4 is 5.32 Å². The first-order chi connectivity index (χ1) is 24.5. The average molecular weight is 660 g/mol. The Morgan fingerprint density at radius 3 is 2.10 bits per heavy atom. The van der Waals surface area contributed by atoms with Gasteiger partial charge < -0.3 is 5.32 Å². The molecule has 0 radical (unpaired) electrons. The van der Waals surface area contributed by atoms with Crippen LogP contribution in [0.3, 0.4) is 0 Å². The van der Waals surface area contributed by atoms with Gasteiger partial charge in [0.1, 0.15) is 0 Å². The fourth-order valence-corrected chi connectivity index (χ4v) is 9.95. The van der Waals surface area contributed by atoms with Crippen LogP contribution in [0, 0.1) is 0 Å². The zero-order chi connectivity index (χ0) is 33.4. The lowest BCUT2D eigenvalue weighted by atomic mass is 9.81. The first-order valence-electron chi connectivity index (χ1n) is 17.8. The number of rotatable bonds is 4. The summed E-state index contributed by atoms with van der Waals surface area (Å²) in [6.07, 6.45) is 2.13. The van der Waals surface area contributed by atoms with Crippen molar-refractivity contribution in [3.05, 3.63) is 179 Å². The van der Waals surface area contributed by atoms with Crippen molar-refractivity contribution < 1.29 is 0 Å².